The first-order valence-corrected chi connectivity index (χ1v) is 5.00. The second-order valence-corrected chi connectivity index (χ2v) is 3.88. The van der Waals surface area contributed by atoms with E-state index < -0.39 is 11.9 Å². The Morgan fingerprint density at radius 1 is 1.50 bits per heavy atom. The van der Waals surface area contributed by atoms with Crippen molar-refractivity contribution in [3.8, 4) is 5.75 Å². The summed E-state index contributed by atoms with van der Waals surface area (Å²) in [6.07, 6.45) is 1.84. The summed E-state index contributed by atoms with van der Waals surface area (Å²) in [4.78, 5) is 10.7. The summed E-state index contributed by atoms with van der Waals surface area (Å²) < 4.78 is 5.13. The lowest BCUT2D eigenvalue weighted by Crippen LogP contribution is -2.12. The Balaban J connectivity index is 2.36. The molecular formula is C12H12O4. The average Bonchev–Trinajstić information content (AvgIpc) is 2.65. The first kappa shape index (κ1) is 10.5. The second-order valence-electron chi connectivity index (χ2n) is 3.88. The van der Waals surface area contributed by atoms with Gasteiger partial charge in [0.25, 0.3) is 0 Å². The molecule has 0 saturated carbocycles. The Hall–Kier alpha value is -1.97. The smallest absolute Gasteiger partial charge is 0.306 e. The zero-order chi connectivity index (χ0) is 11.7. The molecule has 1 heterocycles. The highest BCUT2D eigenvalue weighted by molar-refractivity contribution is 5.80. The molecular weight excluding hydrogens is 208 g/mol. The molecule has 0 aliphatic heterocycles. The average molecular weight is 220 g/mol. The Labute approximate surface area is 92.1 Å². The number of phenolic OH excluding ortho intramolecular Hbond substituents is 1. The van der Waals surface area contributed by atoms with Crippen LogP contribution in [-0.2, 0) is 11.2 Å². The Morgan fingerprint density at radius 2 is 2.25 bits per heavy atom. The number of fused-ring (bicyclic) bond motifs is 1. The number of hydrogen-bond donors (Lipinski definition) is 2. The van der Waals surface area contributed by atoms with Gasteiger partial charge in [0.2, 0.25) is 0 Å². The maximum atomic E-state index is 10.7. The van der Waals surface area contributed by atoms with E-state index in [4.69, 9.17) is 9.52 Å². The van der Waals surface area contributed by atoms with Gasteiger partial charge in [-0.3, -0.25) is 4.79 Å². The molecule has 0 aliphatic carbocycles. The van der Waals surface area contributed by atoms with Crippen molar-refractivity contribution in [3.63, 3.8) is 0 Å². The molecule has 16 heavy (non-hydrogen) atoms. The van der Waals surface area contributed by atoms with Gasteiger partial charge in [-0.1, -0.05) is 6.92 Å². The van der Waals surface area contributed by atoms with E-state index in [1.807, 2.05) is 0 Å². The molecule has 0 saturated heterocycles. The highest BCUT2D eigenvalue weighted by Gasteiger charge is 2.15. The number of rotatable bonds is 3. The highest BCUT2D eigenvalue weighted by Crippen LogP contribution is 2.27. The zero-order valence-electron chi connectivity index (χ0n) is 8.80. The molecule has 1 aromatic heterocycles. The van der Waals surface area contributed by atoms with Crippen molar-refractivity contribution in [2.75, 3.05) is 0 Å². The molecule has 4 nitrogen and oxygen atoms in total. The van der Waals surface area contributed by atoms with Crippen molar-refractivity contribution >= 4 is 16.9 Å². The number of benzene rings is 1. The minimum absolute atomic E-state index is 0.0792. The number of aliphatic carboxylic acids is 1. The summed E-state index contributed by atoms with van der Waals surface area (Å²) >= 11 is 0. The lowest BCUT2D eigenvalue weighted by atomic mass is 9.99. The quantitative estimate of drug-likeness (QED) is 0.833. The SMILES string of the molecule is CC(Cc1cc2ccoc2cc1O)C(=O)O. The fraction of sp³-hybridized carbons (Fsp3) is 0.250. The van der Waals surface area contributed by atoms with Crippen LogP contribution in [0, 0.1) is 5.92 Å². The number of phenols is 1. The minimum Gasteiger partial charge on any atom is -0.508 e. The highest BCUT2D eigenvalue weighted by atomic mass is 16.4. The Bertz CT molecular complexity index is 527. The van der Waals surface area contributed by atoms with Crippen LogP contribution in [0.2, 0.25) is 0 Å². The van der Waals surface area contributed by atoms with Crippen LogP contribution in [0.3, 0.4) is 0 Å². The van der Waals surface area contributed by atoms with Crippen LogP contribution in [0.25, 0.3) is 11.0 Å². The van der Waals surface area contributed by atoms with Crippen LogP contribution in [0.5, 0.6) is 5.75 Å². The topological polar surface area (TPSA) is 70.7 Å². The van der Waals surface area contributed by atoms with Gasteiger partial charge < -0.3 is 14.6 Å². The summed E-state index contributed by atoms with van der Waals surface area (Å²) in [6.45, 7) is 1.61. The predicted octanol–water partition coefficient (Wildman–Crippen LogP) is 2.40. The molecule has 0 radical (unpaired) electrons. The molecule has 0 spiro atoms. The van der Waals surface area contributed by atoms with E-state index in [-0.39, 0.29) is 5.75 Å². The summed E-state index contributed by atoms with van der Waals surface area (Å²) in [5.41, 5.74) is 1.23. The van der Waals surface area contributed by atoms with Crippen LogP contribution in [0.1, 0.15) is 12.5 Å². The lowest BCUT2D eigenvalue weighted by Gasteiger charge is -2.08. The summed E-state index contributed by atoms with van der Waals surface area (Å²) in [6, 6.07) is 5.05. The number of aromatic hydroxyl groups is 1. The van der Waals surface area contributed by atoms with Crippen LogP contribution in [0.4, 0.5) is 0 Å². The molecule has 4 heteroatoms. The van der Waals surface area contributed by atoms with E-state index >= 15 is 0 Å². The van der Waals surface area contributed by atoms with Crippen LogP contribution in [0.15, 0.2) is 28.9 Å². The van der Waals surface area contributed by atoms with Gasteiger partial charge in [0.15, 0.2) is 0 Å². The van der Waals surface area contributed by atoms with Crippen LogP contribution < -0.4 is 0 Å². The molecule has 1 atom stereocenters. The molecule has 0 bridgehead atoms. The molecule has 1 aromatic carbocycles. The molecule has 84 valence electrons. The van der Waals surface area contributed by atoms with Crippen LogP contribution >= 0.6 is 0 Å². The third kappa shape index (κ3) is 1.86. The fourth-order valence-corrected chi connectivity index (χ4v) is 1.63. The maximum absolute atomic E-state index is 10.7. The maximum Gasteiger partial charge on any atom is 0.306 e. The third-order valence-electron chi connectivity index (χ3n) is 2.60. The monoisotopic (exact) mass is 220 g/mol. The molecule has 0 fully saturated rings. The van der Waals surface area contributed by atoms with E-state index in [0.29, 0.717) is 17.6 Å². The molecule has 2 aromatic rings. The normalized spacial score (nSPS) is 12.8. The predicted molar refractivity (Wildman–Crippen MR) is 58.4 cm³/mol. The molecule has 0 amide bonds. The fourth-order valence-electron chi connectivity index (χ4n) is 1.63. The number of hydrogen-bond acceptors (Lipinski definition) is 3. The number of carboxylic acid groups (broad SMARTS) is 1. The number of carbonyl (C=O) groups is 1. The van der Waals surface area contributed by atoms with Gasteiger partial charge >= 0.3 is 5.97 Å². The summed E-state index contributed by atoms with van der Waals surface area (Å²) in [5.74, 6) is -1.31. The van der Waals surface area contributed by atoms with Gasteiger partial charge in [-0.15, -0.1) is 0 Å². The van der Waals surface area contributed by atoms with Gasteiger partial charge in [0.05, 0.1) is 12.2 Å². The van der Waals surface area contributed by atoms with E-state index in [2.05, 4.69) is 0 Å². The van der Waals surface area contributed by atoms with Crippen molar-refractivity contribution in [2.45, 2.75) is 13.3 Å². The number of carboxylic acids is 1. The zero-order valence-corrected chi connectivity index (χ0v) is 8.80. The first-order valence-electron chi connectivity index (χ1n) is 5.00. The molecule has 1 unspecified atom stereocenters. The van der Waals surface area contributed by atoms with Crippen molar-refractivity contribution in [3.05, 3.63) is 30.0 Å². The lowest BCUT2D eigenvalue weighted by molar-refractivity contribution is -0.141. The van der Waals surface area contributed by atoms with Gasteiger partial charge in [-0.2, -0.15) is 0 Å². The summed E-state index contributed by atoms with van der Waals surface area (Å²) in [5, 5.41) is 19.4. The van der Waals surface area contributed by atoms with E-state index in [1.165, 1.54) is 12.3 Å². The Morgan fingerprint density at radius 3 is 2.94 bits per heavy atom. The van der Waals surface area contributed by atoms with Crippen molar-refractivity contribution in [1.82, 2.24) is 0 Å². The largest absolute Gasteiger partial charge is 0.508 e. The second kappa shape index (κ2) is 3.89. The molecule has 2 N–H and O–H groups in total. The van der Waals surface area contributed by atoms with Crippen molar-refractivity contribution in [1.29, 1.82) is 0 Å². The minimum atomic E-state index is -0.869. The van der Waals surface area contributed by atoms with Gasteiger partial charge in [0, 0.05) is 11.5 Å². The van der Waals surface area contributed by atoms with Gasteiger partial charge in [0.1, 0.15) is 11.3 Å². The van der Waals surface area contributed by atoms with Gasteiger partial charge in [-0.05, 0) is 24.1 Å². The van der Waals surface area contributed by atoms with E-state index in [1.54, 1.807) is 19.1 Å². The van der Waals surface area contributed by atoms with E-state index in [9.17, 15) is 9.90 Å². The first-order chi connectivity index (χ1) is 7.58. The Kier molecular flexibility index (Phi) is 2.56. The van der Waals surface area contributed by atoms with E-state index in [0.717, 1.165) is 5.39 Å². The van der Waals surface area contributed by atoms with Gasteiger partial charge in [-0.25, -0.2) is 0 Å². The standard InChI is InChI=1S/C12H12O4/c1-7(12(14)15)4-9-5-8-2-3-16-11(8)6-10(9)13/h2-3,5-7,13H,4H2,1H3,(H,14,15). The molecule has 0 aliphatic rings. The summed E-state index contributed by atoms with van der Waals surface area (Å²) in [7, 11) is 0. The van der Waals surface area contributed by atoms with Crippen molar-refractivity contribution in [2.24, 2.45) is 5.92 Å². The molecule has 2 rings (SSSR count). The number of furan rings is 1. The van der Waals surface area contributed by atoms with Crippen LogP contribution in [-0.4, -0.2) is 16.2 Å². The third-order valence-corrected chi connectivity index (χ3v) is 2.60. The van der Waals surface area contributed by atoms with Crippen molar-refractivity contribution < 1.29 is 19.4 Å².